The maximum Gasteiger partial charge on any atom is 0.0384 e. The highest BCUT2D eigenvalue weighted by molar-refractivity contribution is 5.59. The molecule has 0 aromatic heterocycles. The zero-order valence-electron chi connectivity index (χ0n) is 10.5. The van der Waals surface area contributed by atoms with Crippen molar-refractivity contribution in [3.63, 3.8) is 0 Å². The molecule has 0 spiro atoms. The van der Waals surface area contributed by atoms with Crippen molar-refractivity contribution in [1.82, 2.24) is 0 Å². The summed E-state index contributed by atoms with van der Waals surface area (Å²) in [5.41, 5.74) is 3.67. The van der Waals surface area contributed by atoms with Gasteiger partial charge < -0.3 is 5.32 Å². The van der Waals surface area contributed by atoms with Crippen molar-refractivity contribution in [3.8, 4) is 0 Å². The Bertz CT molecular complexity index is 443. The first-order valence-electron chi connectivity index (χ1n) is 6.15. The van der Waals surface area contributed by atoms with E-state index in [1.165, 1.54) is 5.56 Å². The summed E-state index contributed by atoms with van der Waals surface area (Å²) in [6.07, 6.45) is 1.14. The summed E-state index contributed by atoms with van der Waals surface area (Å²) in [6, 6.07) is 18.9. The first-order chi connectivity index (χ1) is 8.24. The quantitative estimate of drug-likeness (QED) is 0.800. The SMILES string of the molecule is CC(C)Cc1ccc(Nc2ccccc2)cc1. The second-order valence-corrected chi connectivity index (χ2v) is 4.79. The van der Waals surface area contributed by atoms with E-state index in [-0.39, 0.29) is 0 Å². The molecule has 0 amide bonds. The molecule has 1 nitrogen and oxygen atoms in total. The molecule has 2 rings (SSSR count). The summed E-state index contributed by atoms with van der Waals surface area (Å²) in [5.74, 6) is 0.711. The molecule has 0 aliphatic rings. The number of nitrogens with one attached hydrogen (secondary N) is 1. The van der Waals surface area contributed by atoms with Crippen molar-refractivity contribution >= 4 is 11.4 Å². The van der Waals surface area contributed by atoms with E-state index < -0.39 is 0 Å². The van der Waals surface area contributed by atoms with E-state index in [1.807, 2.05) is 18.2 Å². The van der Waals surface area contributed by atoms with E-state index >= 15 is 0 Å². The van der Waals surface area contributed by atoms with Crippen LogP contribution in [0.1, 0.15) is 19.4 Å². The van der Waals surface area contributed by atoms with Crippen molar-refractivity contribution in [1.29, 1.82) is 0 Å². The summed E-state index contributed by atoms with van der Waals surface area (Å²) in [6.45, 7) is 4.49. The molecule has 1 N–H and O–H groups in total. The third kappa shape index (κ3) is 3.63. The molecular weight excluding hydrogens is 206 g/mol. The van der Waals surface area contributed by atoms with Crippen LogP contribution in [0.4, 0.5) is 11.4 Å². The van der Waals surface area contributed by atoms with E-state index in [1.54, 1.807) is 0 Å². The molecule has 2 aromatic rings. The molecule has 0 heterocycles. The minimum atomic E-state index is 0.711. The lowest BCUT2D eigenvalue weighted by Gasteiger charge is -2.08. The normalized spacial score (nSPS) is 10.5. The third-order valence-electron chi connectivity index (χ3n) is 2.66. The van der Waals surface area contributed by atoms with Gasteiger partial charge in [-0.3, -0.25) is 0 Å². The lowest BCUT2D eigenvalue weighted by molar-refractivity contribution is 0.647. The minimum absolute atomic E-state index is 0.711. The average molecular weight is 225 g/mol. The van der Waals surface area contributed by atoms with Crippen LogP contribution in [0, 0.1) is 5.92 Å². The van der Waals surface area contributed by atoms with Crippen LogP contribution < -0.4 is 5.32 Å². The third-order valence-corrected chi connectivity index (χ3v) is 2.66. The highest BCUT2D eigenvalue weighted by atomic mass is 14.9. The first kappa shape index (κ1) is 11.7. The maximum absolute atomic E-state index is 3.38. The van der Waals surface area contributed by atoms with Gasteiger partial charge in [0.1, 0.15) is 0 Å². The average Bonchev–Trinajstić information content (AvgIpc) is 2.32. The van der Waals surface area contributed by atoms with E-state index in [0.29, 0.717) is 5.92 Å². The molecule has 0 unspecified atom stereocenters. The molecule has 0 saturated carbocycles. The van der Waals surface area contributed by atoms with Crippen LogP contribution in [0.2, 0.25) is 0 Å². The van der Waals surface area contributed by atoms with Gasteiger partial charge in [-0.05, 0) is 42.2 Å². The van der Waals surface area contributed by atoms with E-state index in [0.717, 1.165) is 17.8 Å². The molecule has 0 fully saturated rings. The van der Waals surface area contributed by atoms with Gasteiger partial charge in [0.05, 0.1) is 0 Å². The van der Waals surface area contributed by atoms with Gasteiger partial charge >= 0.3 is 0 Å². The van der Waals surface area contributed by atoms with Crippen molar-refractivity contribution in [2.24, 2.45) is 5.92 Å². The van der Waals surface area contributed by atoms with E-state index in [2.05, 4.69) is 55.6 Å². The molecule has 88 valence electrons. The Morgan fingerprint density at radius 3 is 2.00 bits per heavy atom. The Balaban J connectivity index is 2.03. The molecule has 0 saturated heterocycles. The number of hydrogen-bond donors (Lipinski definition) is 1. The Morgan fingerprint density at radius 1 is 0.824 bits per heavy atom. The number of benzene rings is 2. The molecule has 0 atom stereocenters. The van der Waals surface area contributed by atoms with Gasteiger partial charge in [0.15, 0.2) is 0 Å². The van der Waals surface area contributed by atoms with Crippen molar-refractivity contribution < 1.29 is 0 Å². The predicted octanol–water partition coefficient (Wildman–Crippen LogP) is 4.63. The molecule has 0 bridgehead atoms. The molecule has 1 heteroatoms. The second kappa shape index (κ2) is 5.53. The maximum atomic E-state index is 3.38. The zero-order valence-corrected chi connectivity index (χ0v) is 10.5. The van der Waals surface area contributed by atoms with Crippen molar-refractivity contribution in [3.05, 3.63) is 60.2 Å². The topological polar surface area (TPSA) is 12.0 Å². The second-order valence-electron chi connectivity index (χ2n) is 4.79. The predicted molar refractivity (Wildman–Crippen MR) is 74.7 cm³/mol. The fraction of sp³-hybridized carbons (Fsp3) is 0.250. The number of hydrogen-bond acceptors (Lipinski definition) is 1. The van der Waals surface area contributed by atoms with Crippen LogP contribution >= 0.6 is 0 Å². The number of para-hydroxylation sites is 1. The van der Waals surface area contributed by atoms with Gasteiger partial charge in [0, 0.05) is 11.4 Å². The van der Waals surface area contributed by atoms with Gasteiger partial charge in [0.2, 0.25) is 0 Å². The summed E-state index contributed by atoms with van der Waals surface area (Å²) in [7, 11) is 0. The monoisotopic (exact) mass is 225 g/mol. The van der Waals surface area contributed by atoms with Crippen molar-refractivity contribution in [2.75, 3.05) is 5.32 Å². The van der Waals surface area contributed by atoms with Gasteiger partial charge in [-0.15, -0.1) is 0 Å². The Hall–Kier alpha value is -1.76. The summed E-state index contributed by atoms with van der Waals surface area (Å²) >= 11 is 0. The Morgan fingerprint density at radius 2 is 1.41 bits per heavy atom. The molecule has 0 radical (unpaired) electrons. The highest BCUT2D eigenvalue weighted by Crippen LogP contribution is 2.17. The summed E-state index contributed by atoms with van der Waals surface area (Å²) in [5, 5.41) is 3.38. The van der Waals surface area contributed by atoms with Crippen LogP contribution in [-0.4, -0.2) is 0 Å². The highest BCUT2D eigenvalue weighted by Gasteiger charge is 1.98. The molecule has 2 aromatic carbocycles. The number of rotatable bonds is 4. The summed E-state index contributed by atoms with van der Waals surface area (Å²) in [4.78, 5) is 0. The van der Waals surface area contributed by atoms with Crippen LogP contribution in [0.15, 0.2) is 54.6 Å². The fourth-order valence-corrected chi connectivity index (χ4v) is 1.88. The minimum Gasteiger partial charge on any atom is -0.356 e. The largest absolute Gasteiger partial charge is 0.356 e. The van der Waals surface area contributed by atoms with Crippen LogP contribution in [0.5, 0.6) is 0 Å². The standard InChI is InChI=1S/C16H19N/c1-13(2)12-14-8-10-16(11-9-14)17-15-6-4-3-5-7-15/h3-11,13,17H,12H2,1-2H3. The smallest absolute Gasteiger partial charge is 0.0384 e. The molecule has 17 heavy (non-hydrogen) atoms. The first-order valence-corrected chi connectivity index (χ1v) is 6.15. The van der Waals surface area contributed by atoms with E-state index in [9.17, 15) is 0 Å². The van der Waals surface area contributed by atoms with Crippen molar-refractivity contribution in [2.45, 2.75) is 20.3 Å². The van der Waals surface area contributed by atoms with E-state index in [4.69, 9.17) is 0 Å². The lowest BCUT2D eigenvalue weighted by Crippen LogP contribution is -1.94. The van der Waals surface area contributed by atoms with Crippen LogP contribution in [0.3, 0.4) is 0 Å². The van der Waals surface area contributed by atoms with Gasteiger partial charge in [0.25, 0.3) is 0 Å². The summed E-state index contributed by atoms with van der Waals surface area (Å²) < 4.78 is 0. The van der Waals surface area contributed by atoms with Gasteiger partial charge in [-0.25, -0.2) is 0 Å². The molecule has 0 aliphatic heterocycles. The fourth-order valence-electron chi connectivity index (χ4n) is 1.88. The van der Waals surface area contributed by atoms with Crippen LogP contribution in [-0.2, 0) is 6.42 Å². The van der Waals surface area contributed by atoms with Gasteiger partial charge in [-0.2, -0.15) is 0 Å². The lowest BCUT2D eigenvalue weighted by atomic mass is 10.0. The zero-order chi connectivity index (χ0) is 12.1. The number of anilines is 2. The molecule has 0 aliphatic carbocycles. The van der Waals surface area contributed by atoms with Gasteiger partial charge in [-0.1, -0.05) is 44.2 Å². The Kier molecular flexibility index (Phi) is 3.81. The Labute approximate surface area is 103 Å². The molecular formula is C16H19N. The van der Waals surface area contributed by atoms with Crippen LogP contribution in [0.25, 0.3) is 0 Å².